The Hall–Kier alpha value is -2.64. The summed E-state index contributed by atoms with van der Waals surface area (Å²) in [6.45, 7) is 7.45. The first-order valence-electron chi connectivity index (χ1n) is 10.4. The molecule has 7 heteroatoms. The summed E-state index contributed by atoms with van der Waals surface area (Å²) in [6, 6.07) is 8.34. The number of methoxy groups -OCH3 is 1. The van der Waals surface area contributed by atoms with E-state index in [2.05, 4.69) is 13.8 Å². The zero-order valence-electron chi connectivity index (χ0n) is 18.4. The standard InChI is InChI=1S/C24H29NO5S/c1-15(2)14-30-18-8-5-7-17(13-18)21(26)19-20(23-16(3)9-12-31-23)25(10-6-11-29-4)24(28)22(19)27/h5,7-9,12-13,15,20,26H,6,10-11,14H2,1-4H3/b21-19-. The number of hydrogen-bond donors (Lipinski definition) is 1. The molecule has 3 rings (SSSR count). The maximum absolute atomic E-state index is 13.0. The van der Waals surface area contributed by atoms with Gasteiger partial charge in [0.1, 0.15) is 11.5 Å². The zero-order valence-corrected chi connectivity index (χ0v) is 19.2. The Kier molecular flexibility index (Phi) is 7.51. The molecule has 1 amide bonds. The molecule has 0 aliphatic carbocycles. The van der Waals surface area contributed by atoms with Crippen LogP contribution in [0.3, 0.4) is 0 Å². The number of ketones is 1. The van der Waals surface area contributed by atoms with Crippen LogP contribution in [0, 0.1) is 12.8 Å². The van der Waals surface area contributed by atoms with E-state index >= 15 is 0 Å². The summed E-state index contributed by atoms with van der Waals surface area (Å²) in [6.07, 6.45) is 0.600. The number of rotatable bonds is 9. The highest BCUT2D eigenvalue weighted by atomic mass is 32.1. The molecule has 1 aliphatic rings. The van der Waals surface area contributed by atoms with Crippen LogP contribution in [0.1, 0.15) is 42.3 Å². The van der Waals surface area contributed by atoms with Crippen LogP contribution in [0.4, 0.5) is 0 Å². The summed E-state index contributed by atoms with van der Waals surface area (Å²) in [4.78, 5) is 28.3. The normalized spacial score (nSPS) is 18.2. The second-order valence-corrected chi connectivity index (χ2v) is 8.99. The van der Waals surface area contributed by atoms with Crippen LogP contribution >= 0.6 is 11.3 Å². The average molecular weight is 444 g/mol. The molecule has 0 radical (unpaired) electrons. The van der Waals surface area contributed by atoms with Gasteiger partial charge in [-0.2, -0.15) is 0 Å². The lowest BCUT2D eigenvalue weighted by Crippen LogP contribution is -2.31. The minimum Gasteiger partial charge on any atom is -0.507 e. The van der Waals surface area contributed by atoms with Gasteiger partial charge in [-0.15, -0.1) is 11.3 Å². The summed E-state index contributed by atoms with van der Waals surface area (Å²) in [5, 5.41) is 13.1. The molecule has 1 N–H and O–H groups in total. The van der Waals surface area contributed by atoms with Crippen LogP contribution in [0.25, 0.3) is 5.76 Å². The van der Waals surface area contributed by atoms with Crippen LogP contribution in [0.2, 0.25) is 0 Å². The molecule has 1 fully saturated rings. The van der Waals surface area contributed by atoms with E-state index in [9.17, 15) is 14.7 Å². The van der Waals surface area contributed by atoms with Crippen molar-refractivity contribution >= 4 is 28.8 Å². The number of thiophene rings is 1. The average Bonchev–Trinajstić information content (AvgIpc) is 3.27. The summed E-state index contributed by atoms with van der Waals surface area (Å²) in [5.74, 6) is -0.475. The molecule has 1 aliphatic heterocycles. The van der Waals surface area contributed by atoms with Crippen LogP contribution < -0.4 is 4.74 Å². The topological polar surface area (TPSA) is 76.1 Å². The smallest absolute Gasteiger partial charge is 0.295 e. The number of Topliss-reactive ketones (excluding diaryl/α,β-unsaturated/α-hetero) is 1. The van der Waals surface area contributed by atoms with Gasteiger partial charge in [0.15, 0.2) is 0 Å². The van der Waals surface area contributed by atoms with Gasteiger partial charge in [-0.3, -0.25) is 9.59 Å². The van der Waals surface area contributed by atoms with E-state index in [0.717, 1.165) is 10.4 Å². The van der Waals surface area contributed by atoms with Gasteiger partial charge < -0.3 is 19.5 Å². The van der Waals surface area contributed by atoms with Crippen molar-refractivity contribution in [1.29, 1.82) is 0 Å². The van der Waals surface area contributed by atoms with Crippen molar-refractivity contribution in [2.24, 2.45) is 5.92 Å². The number of carbonyl (C=O) groups excluding carboxylic acids is 2. The van der Waals surface area contributed by atoms with E-state index in [4.69, 9.17) is 9.47 Å². The number of amides is 1. The maximum Gasteiger partial charge on any atom is 0.295 e. The Morgan fingerprint density at radius 1 is 1.26 bits per heavy atom. The minimum absolute atomic E-state index is 0.119. The SMILES string of the molecule is COCCCN1C(=O)C(=O)/C(=C(\O)c2cccc(OCC(C)C)c2)C1c1sccc1C. The van der Waals surface area contributed by atoms with Crippen LogP contribution in [0.15, 0.2) is 41.3 Å². The Morgan fingerprint density at radius 2 is 2.03 bits per heavy atom. The van der Waals surface area contributed by atoms with Gasteiger partial charge in [0.2, 0.25) is 0 Å². The summed E-state index contributed by atoms with van der Waals surface area (Å²) >= 11 is 1.48. The van der Waals surface area contributed by atoms with Crippen molar-refractivity contribution < 1.29 is 24.2 Å². The van der Waals surface area contributed by atoms with Crippen molar-refractivity contribution in [3.63, 3.8) is 0 Å². The first-order valence-corrected chi connectivity index (χ1v) is 11.3. The number of aliphatic hydroxyl groups is 1. The molecule has 2 heterocycles. The number of likely N-dealkylation sites (tertiary alicyclic amines) is 1. The number of nitrogens with zero attached hydrogens (tertiary/aromatic N) is 1. The molecule has 1 saturated heterocycles. The Bertz CT molecular complexity index is 978. The monoisotopic (exact) mass is 443 g/mol. The van der Waals surface area contributed by atoms with Crippen molar-refractivity contribution in [1.82, 2.24) is 4.90 Å². The fraction of sp³-hybridized carbons (Fsp3) is 0.417. The van der Waals surface area contributed by atoms with E-state index in [-0.39, 0.29) is 11.3 Å². The van der Waals surface area contributed by atoms with E-state index in [0.29, 0.717) is 43.4 Å². The highest BCUT2D eigenvalue weighted by Gasteiger charge is 2.46. The zero-order chi connectivity index (χ0) is 22.5. The van der Waals surface area contributed by atoms with E-state index < -0.39 is 17.7 Å². The predicted octanol–water partition coefficient (Wildman–Crippen LogP) is 4.55. The summed E-state index contributed by atoms with van der Waals surface area (Å²) < 4.78 is 10.9. The number of ether oxygens (including phenoxy) is 2. The molecule has 0 spiro atoms. The van der Waals surface area contributed by atoms with Crippen LogP contribution in [-0.2, 0) is 14.3 Å². The molecular weight excluding hydrogens is 414 g/mol. The van der Waals surface area contributed by atoms with Gasteiger partial charge in [-0.25, -0.2) is 0 Å². The molecule has 2 aromatic rings. The molecule has 1 unspecified atom stereocenters. The summed E-state index contributed by atoms with van der Waals surface area (Å²) in [7, 11) is 1.60. The Balaban J connectivity index is 2.04. The highest BCUT2D eigenvalue weighted by molar-refractivity contribution is 7.10. The molecule has 1 atom stereocenters. The molecule has 166 valence electrons. The minimum atomic E-state index is -0.666. The molecule has 6 nitrogen and oxygen atoms in total. The van der Waals surface area contributed by atoms with Gasteiger partial charge in [0.05, 0.1) is 18.2 Å². The first-order chi connectivity index (χ1) is 14.8. The third-order valence-electron chi connectivity index (χ3n) is 5.13. The lowest BCUT2D eigenvalue weighted by atomic mass is 9.98. The number of hydrogen-bond acceptors (Lipinski definition) is 6. The molecule has 0 saturated carbocycles. The van der Waals surface area contributed by atoms with Gasteiger partial charge >= 0.3 is 0 Å². The number of benzene rings is 1. The van der Waals surface area contributed by atoms with E-state index in [1.807, 2.05) is 24.4 Å². The number of aryl methyl sites for hydroxylation is 1. The molecular formula is C24H29NO5S. The van der Waals surface area contributed by atoms with Crippen LogP contribution in [-0.4, -0.2) is 48.6 Å². The van der Waals surface area contributed by atoms with Gasteiger partial charge in [-0.05, 0) is 48.4 Å². The lowest BCUT2D eigenvalue weighted by molar-refractivity contribution is -0.140. The molecule has 1 aromatic heterocycles. The van der Waals surface area contributed by atoms with Gasteiger partial charge in [0.25, 0.3) is 11.7 Å². The quantitative estimate of drug-likeness (QED) is 0.266. The molecule has 31 heavy (non-hydrogen) atoms. The largest absolute Gasteiger partial charge is 0.507 e. The fourth-order valence-corrected chi connectivity index (χ4v) is 4.63. The predicted molar refractivity (Wildman–Crippen MR) is 121 cm³/mol. The second-order valence-electron chi connectivity index (χ2n) is 8.04. The third-order valence-corrected chi connectivity index (χ3v) is 6.20. The Labute approximate surface area is 187 Å². The number of carbonyl (C=O) groups is 2. The maximum atomic E-state index is 13.0. The number of aliphatic hydroxyl groups excluding tert-OH is 1. The third kappa shape index (κ3) is 4.99. The molecule has 0 bridgehead atoms. The van der Waals surface area contributed by atoms with Crippen molar-refractivity contribution in [3.8, 4) is 5.75 Å². The lowest BCUT2D eigenvalue weighted by Gasteiger charge is -2.24. The van der Waals surface area contributed by atoms with E-state index in [1.54, 1.807) is 30.2 Å². The van der Waals surface area contributed by atoms with Crippen LogP contribution in [0.5, 0.6) is 5.75 Å². The molecule has 1 aromatic carbocycles. The van der Waals surface area contributed by atoms with E-state index in [1.165, 1.54) is 11.3 Å². The van der Waals surface area contributed by atoms with Gasteiger partial charge in [0, 0.05) is 30.7 Å². The van der Waals surface area contributed by atoms with Crippen molar-refractivity contribution in [2.75, 3.05) is 26.9 Å². The fourth-order valence-electron chi connectivity index (χ4n) is 3.58. The first kappa shape index (κ1) is 23.0. The van der Waals surface area contributed by atoms with Crippen molar-refractivity contribution in [2.45, 2.75) is 33.2 Å². The second kappa shape index (κ2) is 10.1. The van der Waals surface area contributed by atoms with Gasteiger partial charge in [-0.1, -0.05) is 26.0 Å². The summed E-state index contributed by atoms with van der Waals surface area (Å²) in [5.41, 5.74) is 1.55. The highest BCUT2D eigenvalue weighted by Crippen LogP contribution is 2.42. The Morgan fingerprint density at radius 3 is 2.68 bits per heavy atom. The van der Waals surface area contributed by atoms with Crippen molar-refractivity contribution in [3.05, 3.63) is 57.3 Å².